The Kier molecular flexibility index (Phi) is 3.46. The Hall–Kier alpha value is -2.77. The molecule has 110 valence electrons. The normalized spacial score (nSPS) is 15.3. The largest absolute Gasteiger partial charge is 0.480 e. The van der Waals surface area contributed by atoms with Gasteiger partial charge in [-0.2, -0.15) is 0 Å². The van der Waals surface area contributed by atoms with E-state index >= 15 is 0 Å². The molecule has 1 aromatic carbocycles. The van der Waals surface area contributed by atoms with Gasteiger partial charge in [0.05, 0.1) is 10.5 Å². The van der Waals surface area contributed by atoms with Crippen molar-refractivity contribution in [2.45, 2.75) is 19.9 Å². The topological polar surface area (TPSA) is 118 Å². The molecule has 0 spiro atoms. The molecule has 0 aliphatic carbocycles. The minimum atomic E-state index is -1.36. The molecule has 0 aromatic heterocycles. The van der Waals surface area contributed by atoms with Gasteiger partial charge in [0.1, 0.15) is 11.6 Å². The van der Waals surface area contributed by atoms with Crippen molar-refractivity contribution in [2.75, 3.05) is 0 Å². The second kappa shape index (κ2) is 4.97. The van der Waals surface area contributed by atoms with E-state index in [9.17, 15) is 29.6 Å². The number of hydrogen-bond acceptors (Lipinski definition) is 5. The third kappa shape index (κ3) is 2.14. The monoisotopic (exact) mass is 292 g/mol. The van der Waals surface area contributed by atoms with Gasteiger partial charge in [-0.25, -0.2) is 4.79 Å². The lowest BCUT2D eigenvalue weighted by atomic mass is 10.0. The number of rotatable bonds is 4. The highest BCUT2D eigenvalue weighted by Crippen LogP contribution is 2.33. The maximum Gasteiger partial charge on any atom is 0.327 e. The molecule has 1 aliphatic heterocycles. The molecule has 2 amide bonds. The summed E-state index contributed by atoms with van der Waals surface area (Å²) in [4.78, 5) is 46.7. The summed E-state index contributed by atoms with van der Waals surface area (Å²) >= 11 is 0. The predicted molar refractivity (Wildman–Crippen MR) is 69.9 cm³/mol. The Balaban J connectivity index is 2.60. The van der Waals surface area contributed by atoms with E-state index in [4.69, 9.17) is 0 Å². The molecular formula is C13H12N2O6. The molecule has 1 N–H and O–H groups in total. The Morgan fingerprint density at radius 2 is 1.90 bits per heavy atom. The highest BCUT2D eigenvalue weighted by molar-refractivity contribution is 6.24. The molecule has 1 atom stereocenters. The lowest BCUT2D eigenvalue weighted by molar-refractivity contribution is -0.385. The summed E-state index contributed by atoms with van der Waals surface area (Å²) in [5.41, 5.74) is -0.984. The van der Waals surface area contributed by atoms with E-state index in [1.165, 1.54) is 12.1 Å². The van der Waals surface area contributed by atoms with Crippen LogP contribution in [-0.2, 0) is 4.79 Å². The van der Waals surface area contributed by atoms with Crippen molar-refractivity contribution < 1.29 is 24.4 Å². The molecule has 0 saturated heterocycles. The minimum Gasteiger partial charge on any atom is -0.480 e. The Labute approximate surface area is 119 Å². The number of imide groups is 1. The molecule has 0 unspecified atom stereocenters. The van der Waals surface area contributed by atoms with E-state index < -0.39 is 40.4 Å². The molecule has 2 rings (SSSR count). The van der Waals surface area contributed by atoms with Crippen molar-refractivity contribution in [1.82, 2.24) is 4.90 Å². The fourth-order valence-electron chi connectivity index (χ4n) is 2.38. The maximum absolute atomic E-state index is 12.3. The first kappa shape index (κ1) is 14.6. The summed E-state index contributed by atoms with van der Waals surface area (Å²) in [7, 11) is 0. The van der Waals surface area contributed by atoms with Crippen LogP contribution in [-0.4, -0.2) is 38.8 Å². The molecule has 0 saturated carbocycles. The Bertz CT molecular complexity index is 667. The summed E-state index contributed by atoms with van der Waals surface area (Å²) in [5, 5.41) is 20.2. The zero-order chi connectivity index (χ0) is 15.9. The molecule has 8 heteroatoms. The van der Waals surface area contributed by atoms with Gasteiger partial charge in [0.15, 0.2) is 0 Å². The number of carboxylic acid groups (broad SMARTS) is 1. The van der Waals surface area contributed by atoms with E-state index in [0.29, 0.717) is 4.90 Å². The third-order valence-corrected chi connectivity index (χ3v) is 3.28. The fraction of sp³-hybridized carbons (Fsp3) is 0.308. The van der Waals surface area contributed by atoms with Crippen LogP contribution in [0.4, 0.5) is 5.69 Å². The summed E-state index contributed by atoms with van der Waals surface area (Å²) in [6, 6.07) is 2.31. The van der Waals surface area contributed by atoms with Gasteiger partial charge in [-0.15, -0.1) is 0 Å². The Morgan fingerprint density at radius 1 is 1.29 bits per heavy atom. The standard InChI is InChI=1S/C13H12N2O6/c1-6(2)10(13(18)19)14-11(16)7-4-3-5-8(15(20)21)9(7)12(14)17/h3-6,10H,1-2H3,(H,18,19)/t10-/m0/s1. The van der Waals surface area contributed by atoms with Crippen LogP contribution < -0.4 is 0 Å². The van der Waals surface area contributed by atoms with Gasteiger partial charge >= 0.3 is 5.97 Å². The number of carbonyl (C=O) groups excluding carboxylic acids is 2. The Morgan fingerprint density at radius 3 is 2.38 bits per heavy atom. The van der Waals surface area contributed by atoms with E-state index in [1.54, 1.807) is 13.8 Å². The van der Waals surface area contributed by atoms with Gasteiger partial charge in [-0.05, 0) is 12.0 Å². The van der Waals surface area contributed by atoms with Crippen molar-refractivity contribution in [3.05, 3.63) is 39.4 Å². The average molecular weight is 292 g/mol. The van der Waals surface area contributed by atoms with Crippen molar-refractivity contribution >= 4 is 23.5 Å². The maximum atomic E-state index is 12.3. The number of fused-ring (bicyclic) bond motifs is 1. The fourth-order valence-corrected chi connectivity index (χ4v) is 2.38. The summed E-state index contributed by atoms with van der Waals surface area (Å²) in [6.45, 7) is 3.10. The summed E-state index contributed by atoms with van der Waals surface area (Å²) < 4.78 is 0. The second-order valence-electron chi connectivity index (χ2n) is 4.96. The van der Waals surface area contributed by atoms with Gasteiger partial charge in [0, 0.05) is 6.07 Å². The van der Waals surface area contributed by atoms with Gasteiger partial charge < -0.3 is 5.11 Å². The summed E-state index contributed by atoms with van der Waals surface area (Å²) in [6.07, 6.45) is 0. The highest BCUT2D eigenvalue weighted by Gasteiger charge is 2.47. The molecule has 0 bridgehead atoms. The van der Waals surface area contributed by atoms with Crippen LogP contribution in [0.5, 0.6) is 0 Å². The van der Waals surface area contributed by atoms with E-state index in [1.807, 2.05) is 0 Å². The van der Waals surface area contributed by atoms with Gasteiger partial charge in [-0.3, -0.25) is 24.6 Å². The predicted octanol–water partition coefficient (Wildman–Crippen LogP) is 1.30. The van der Waals surface area contributed by atoms with Crippen LogP contribution in [0, 0.1) is 16.0 Å². The van der Waals surface area contributed by atoms with E-state index in [2.05, 4.69) is 0 Å². The third-order valence-electron chi connectivity index (χ3n) is 3.28. The van der Waals surface area contributed by atoms with E-state index in [-0.39, 0.29) is 11.1 Å². The second-order valence-corrected chi connectivity index (χ2v) is 4.96. The molecule has 1 aromatic rings. The smallest absolute Gasteiger partial charge is 0.327 e. The molecule has 1 aliphatic rings. The first-order chi connectivity index (χ1) is 9.77. The number of carboxylic acids is 1. The lowest BCUT2D eigenvalue weighted by Gasteiger charge is -2.25. The first-order valence-electron chi connectivity index (χ1n) is 6.15. The number of amides is 2. The number of nitro benzene ring substituents is 1. The minimum absolute atomic E-state index is 0.138. The SMILES string of the molecule is CC(C)[C@@H](C(=O)O)N1C(=O)c2cccc([N+](=O)[O-])c2C1=O. The highest BCUT2D eigenvalue weighted by atomic mass is 16.6. The van der Waals surface area contributed by atoms with Gasteiger partial charge in [0.25, 0.3) is 17.5 Å². The van der Waals surface area contributed by atoms with Crippen LogP contribution in [0.3, 0.4) is 0 Å². The first-order valence-corrected chi connectivity index (χ1v) is 6.15. The number of hydrogen-bond donors (Lipinski definition) is 1. The number of nitro groups is 1. The molecule has 21 heavy (non-hydrogen) atoms. The molecule has 0 radical (unpaired) electrons. The lowest BCUT2D eigenvalue weighted by Crippen LogP contribution is -2.47. The van der Waals surface area contributed by atoms with Crippen LogP contribution >= 0.6 is 0 Å². The van der Waals surface area contributed by atoms with E-state index in [0.717, 1.165) is 6.07 Å². The van der Waals surface area contributed by atoms with Crippen LogP contribution in [0.25, 0.3) is 0 Å². The number of aliphatic carboxylic acids is 1. The zero-order valence-corrected chi connectivity index (χ0v) is 11.3. The van der Waals surface area contributed by atoms with Crippen molar-refractivity contribution in [2.24, 2.45) is 5.92 Å². The molecule has 8 nitrogen and oxygen atoms in total. The molecular weight excluding hydrogens is 280 g/mol. The average Bonchev–Trinajstić information content (AvgIpc) is 2.63. The quantitative estimate of drug-likeness (QED) is 0.507. The van der Waals surface area contributed by atoms with Crippen molar-refractivity contribution in [3.63, 3.8) is 0 Å². The van der Waals surface area contributed by atoms with Crippen LogP contribution in [0.2, 0.25) is 0 Å². The van der Waals surface area contributed by atoms with Gasteiger partial charge in [-0.1, -0.05) is 19.9 Å². The number of carbonyl (C=O) groups is 3. The summed E-state index contributed by atoms with van der Waals surface area (Å²) in [5.74, 6) is -3.62. The van der Waals surface area contributed by atoms with Crippen LogP contribution in [0.1, 0.15) is 34.6 Å². The molecule has 1 heterocycles. The number of nitrogens with zero attached hydrogens (tertiary/aromatic N) is 2. The van der Waals surface area contributed by atoms with Crippen LogP contribution in [0.15, 0.2) is 18.2 Å². The molecule has 0 fully saturated rings. The van der Waals surface area contributed by atoms with Crippen molar-refractivity contribution in [1.29, 1.82) is 0 Å². The number of benzene rings is 1. The van der Waals surface area contributed by atoms with Gasteiger partial charge in [0.2, 0.25) is 0 Å². The zero-order valence-electron chi connectivity index (χ0n) is 11.3. The van der Waals surface area contributed by atoms with Crippen molar-refractivity contribution in [3.8, 4) is 0 Å².